The summed E-state index contributed by atoms with van der Waals surface area (Å²) in [5.74, 6) is 0. The van der Waals surface area contributed by atoms with Gasteiger partial charge in [0.05, 0.1) is 5.69 Å². The fraction of sp³-hybridized carbons (Fsp3) is 0. The molecule has 11 heavy (non-hydrogen) atoms. The van der Waals surface area contributed by atoms with Gasteiger partial charge in [0, 0.05) is 0 Å². The number of carbonyl (C=O) groups is 1. The summed E-state index contributed by atoms with van der Waals surface area (Å²) in [5, 5.41) is 16.0. The summed E-state index contributed by atoms with van der Waals surface area (Å²) < 4.78 is 0. The maximum Gasteiger partial charge on any atom is 0.185 e. The van der Waals surface area contributed by atoms with Crippen molar-refractivity contribution in [1.29, 1.82) is 0 Å². The summed E-state index contributed by atoms with van der Waals surface area (Å²) in [4.78, 5) is 9.80. The van der Waals surface area contributed by atoms with Crippen molar-refractivity contribution in [1.82, 2.24) is 0 Å². The lowest BCUT2D eigenvalue weighted by atomic mass is 10.3. The molecule has 56 valence electrons. The summed E-state index contributed by atoms with van der Waals surface area (Å²) in [5.41, 5.74) is 0.497. The normalized spacial score (nSPS) is 10.2. The van der Waals surface area contributed by atoms with Crippen LogP contribution in [0.2, 0.25) is 0 Å². The first-order valence-corrected chi connectivity index (χ1v) is 2.97. The van der Waals surface area contributed by atoms with Gasteiger partial charge >= 0.3 is 0 Å². The van der Waals surface area contributed by atoms with Gasteiger partial charge in [0.15, 0.2) is 6.09 Å². The molecule has 0 aliphatic rings. The molecule has 0 N–H and O–H groups in total. The highest BCUT2D eigenvalue weighted by atomic mass is 16.4. The molecule has 0 atom stereocenters. The molecule has 4 heteroatoms. The van der Waals surface area contributed by atoms with Crippen LogP contribution in [0.1, 0.15) is 0 Å². The second-order valence-electron chi connectivity index (χ2n) is 1.80. The molecule has 0 aromatic heterocycles. The van der Waals surface area contributed by atoms with Crippen molar-refractivity contribution < 1.29 is 9.90 Å². The van der Waals surface area contributed by atoms with E-state index in [1.54, 1.807) is 30.3 Å². The predicted molar refractivity (Wildman–Crippen MR) is 36.4 cm³/mol. The van der Waals surface area contributed by atoms with Crippen LogP contribution in [0.5, 0.6) is 0 Å². The molecule has 0 bridgehead atoms. The van der Waals surface area contributed by atoms with Crippen molar-refractivity contribution in [2.75, 3.05) is 0 Å². The maximum atomic E-state index is 9.80. The lowest BCUT2D eigenvalue weighted by Crippen LogP contribution is -2.16. The zero-order valence-electron chi connectivity index (χ0n) is 5.60. The van der Waals surface area contributed by atoms with Crippen molar-refractivity contribution in [2.45, 2.75) is 0 Å². The van der Waals surface area contributed by atoms with E-state index < -0.39 is 6.09 Å². The van der Waals surface area contributed by atoms with E-state index in [9.17, 15) is 9.90 Å². The Morgan fingerprint density at radius 2 is 1.91 bits per heavy atom. The highest BCUT2D eigenvalue weighted by molar-refractivity contribution is 5.62. The van der Waals surface area contributed by atoms with E-state index in [4.69, 9.17) is 0 Å². The van der Waals surface area contributed by atoms with E-state index in [-0.39, 0.29) is 0 Å². The number of azo groups is 1. The molecule has 4 nitrogen and oxygen atoms in total. The average molecular weight is 149 g/mol. The van der Waals surface area contributed by atoms with E-state index in [1.165, 1.54) is 0 Å². The Morgan fingerprint density at radius 1 is 1.27 bits per heavy atom. The Kier molecular flexibility index (Phi) is 2.32. The smallest absolute Gasteiger partial charge is 0.185 e. The molecule has 0 saturated heterocycles. The first kappa shape index (κ1) is 7.40. The van der Waals surface area contributed by atoms with Crippen molar-refractivity contribution >= 4 is 11.8 Å². The number of benzene rings is 1. The molecule has 0 fully saturated rings. The fourth-order valence-electron chi connectivity index (χ4n) is 0.593. The van der Waals surface area contributed by atoms with Gasteiger partial charge in [-0.25, -0.2) is 0 Å². The van der Waals surface area contributed by atoms with Gasteiger partial charge in [-0.2, -0.15) is 0 Å². The summed E-state index contributed by atoms with van der Waals surface area (Å²) in [6, 6.07) is 8.57. The Bertz CT molecular complexity index is 269. The molecule has 1 aromatic rings. The summed E-state index contributed by atoms with van der Waals surface area (Å²) in [6.45, 7) is 0. The Balaban J connectivity index is 2.72. The van der Waals surface area contributed by atoms with E-state index in [0.717, 1.165) is 0 Å². The van der Waals surface area contributed by atoms with Crippen LogP contribution in [0, 0.1) is 0 Å². The quantitative estimate of drug-likeness (QED) is 0.561. The van der Waals surface area contributed by atoms with Crippen LogP contribution in [-0.4, -0.2) is 6.09 Å². The minimum atomic E-state index is -1.53. The SMILES string of the molecule is O=C([O-])N=Nc1ccccc1. The number of nitrogens with zero attached hydrogens (tertiary/aromatic N) is 2. The second kappa shape index (κ2) is 3.46. The van der Waals surface area contributed by atoms with Gasteiger partial charge in [0.25, 0.3) is 0 Å². The summed E-state index contributed by atoms with van der Waals surface area (Å²) >= 11 is 0. The van der Waals surface area contributed by atoms with Gasteiger partial charge in [-0.1, -0.05) is 18.2 Å². The first-order valence-electron chi connectivity index (χ1n) is 2.97. The standard InChI is InChI=1S/C7H6N2O2/c10-7(11)9-8-6-4-2-1-3-5-6/h1-5H,(H,10,11)/p-1. The molecule has 1 amide bonds. The van der Waals surface area contributed by atoms with Crippen LogP contribution >= 0.6 is 0 Å². The summed E-state index contributed by atoms with van der Waals surface area (Å²) in [6.07, 6.45) is -1.53. The number of carbonyl (C=O) groups excluding carboxylic acids is 1. The highest BCUT2D eigenvalue weighted by Gasteiger charge is 1.83. The third kappa shape index (κ3) is 2.57. The topological polar surface area (TPSA) is 64.8 Å². The van der Waals surface area contributed by atoms with E-state index in [0.29, 0.717) is 5.69 Å². The molecular formula is C7H5N2O2-. The van der Waals surface area contributed by atoms with Crippen molar-refractivity contribution in [2.24, 2.45) is 10.2 Å². The minimum Gasteiger partial charge on any atom is -0.527 e. The van der Waals surface area contributed by atoms with Crippen molar-refractivity contribution in [3.63, 3.8) is 0 Å². The zero-order valence-corrected chi connectivity index (χ0v) is 5.60. The first-order chi connectivity index (χ1) is 5.29. The van der Waals surface area contributed by atoms with Crippen molar-refractivity contribution in [3.8, 4) is 0 Å². The van der Waals surface area contributed by atoms with Gasteiger partial charge in [-0.15, -0.1) is 10.2 Å². The molecule has 0 heterocycles. The van der Waals surface area contributed by atoms with Gasteiger partial charge in [-0.3, -0.25) is 0 Å². The third-order valence-electron chi connectivity index (χ3n) is 1.00. The molecule has 0 aliphatic carbocycles. The molecule has 0 aliphatic heterocycles. The lowest BCUT2D eigenvalue weighted by molar-refractivity contribution is -0.246. The summed E-state index contributed by atoms with van der Waals surface area (Å²) in [7, 11) is 0. The highest BCUT2D eigenvalue weighted by Crippen LogP contribution is 2.09. The number of rotatable bonds is 1. The van der Waals surface area contributed by atoms with E-state index in [2.05, 4.69) is 10.2 Å². The molecule has 1 rings (SSSR count). The monoisotopic (exact) mass is 149 g/mol. The molecule has 0 saturated carbocycles. The Morgan fingerprint density at radius 3 is 2.45 bits per heavy atom. The van der Waals surface area contributed by atoms with Crippen LogP contribution in [0.3, 0.4) is 0 Å². The van der Waals surface area contributed by atoms with Crippen LogP contribution < -0.4 is 5.11 Å². The van der Waals surface area contributed by atoms with Crippen LogP contribution in [0.25, 0.3) is 0 Å². The zero-order chi connectivity index (χ0) is 8.10. The minimum absolute atomic E-state index is 0.497. The van der Waals surface area contributed by atoms with Gasteiger partial charge in [-0.05, 0) is 12.1 Å². The fourth-order valence-corrected chi connectivity index (χ4v) is 0.593. The number of hydrogen-bond donors (Lipinski definition) is 0. The maximum absolute atomic E-state index is 9.80. The van der Waals surface area contributed by atoms with Crippen molar-refractivity contribution in [3.05, 3.63) is 30.3 Å². The molecular weight excluding hydrogens is 144 g/mol. The van der Waals surface area contributed by atoms with E-state index >= 15 is 0 Å². The second-order valence-corrected chi connectivity index (χ2v) is 1.80. The lowest BCUT2D eigenvalue weighted by Gasteiger charge is -1.90. The molecule has 0 spiro atoms. The average Bonchev–Trinajstić information content (AvgIpc) is 2.03. The van der Waals surface area contributed by atoms with Gasteiger partial charge < -0.3 is 9.90 Å². The number of amides is 1. The Hall–Kier alpha value is -1.71. The van der Waals surface area contributed by atoms with Crippen LogP contribution in [-0.2, 0) is 0 Å². The third-order valence-corrected chi connectivity index (χ3v) is 1.00. The van der Waals surface area contributed by atoms with Gasteiger partial charge in [0.2, 0.25) is 0 Å². The molecule has 1 aromatic carbocycles. The molecule has 0 unspecified atom stereocenters. The van der Waals surface area contributed by atoms with E-state index in [1.807, 2.05) is 0 Å². The Labute approximate surface area is 63.2 Å². The van der Waals surface area contributed by atoms with Gasteiger partial charge in [0.1, 0.15) is 0 Å². The predicted octanol–water partition coefficient (Wildman–Crippen LogP) is 1.11. The molecule has 0 radical (unpaired) electrons. The largest absolute Gasteiger partial charge is 0.527 e. The number of carboxylic acid groups (broad SMARTS) is 1. The number of hydrogen-bond acceptors (Lipinski definition) is 3. The van der Waals surface area contributed by atoms with Crippen LogP contribution in [0.15, 0.2) is 40.6 Å². The van der Waals surface area contributed by atoms with Crippen LogP contribution in [0.4, 0.5) is 10.5 Å².